The number of carbonyl (C=O) groups excluding carboxylic acids is 1. The zero-order chi connectivity index (χ0) is 22.2. The van der Waals surface area contributed by atoms with E-state index in [2.05, 4.69) is 10.0 Å². The third kappa shape index (κ3) is 4.61. The molecule has 160 valence electrons. The topological polar surface area (TPSA) is 75.3 Å². The molecule has 1 aliphatic rings. The fraction of sp³-hybridized carbons (Fsp3) is 0.208. The van der Waals surface area contributed by atoms with Gasteiger partial charge < -0.3 is 5.32 Å². The van der Waals surface area contributed by atoms with Crippen molar-refractivity contribution in [1.82, 2.24) is 0 Å². The van der Waals surface area contributed by atoms with E-state index in [0.717, 1.165) is 5.56 Å². The number of anilines is 2. The fourth-order valence-corrected chi connectivity index (χ4v) is 5.05. The number of benzene rings is 3. The largest absolute Gasteiger partial charge is 0.326 e. The van der Waals surface area contributed by atoms with Gasteiger partial charge in [-0.2, -0.15) is 0 Å². The minimum atomic E-state index is -3.83. The average molecular weight is 439 g/mol. The van der Waals surface area contributed by atoms with Crippen molar-refractivity contribution in [2.75, 3.05) is 10.0 Å². The number of halogens is 1. The predicted molar refractivity (Wildman–Crippen MR) is 119 cm³/mol. The van der Waals surface area contributed by atoms with E-state index < -0.39 is 10.0 Å². The van der Waals surface area contributed by atoms with Crippen LogP contribution in [0.2, 0.25) is 0 Å². The maximum Gasteiger partial charge on any atom is 0.262 e. The van der Waals surface area contributed by atoms with E-state index in [1.165, 1.54) is 12.1 Å². The van der Waals surface area contributed by atoms with Crippen LogP contribution in [0, 0.1) is 25.6 Å². The van der Waals surface area contributed by atoms with Gasteiger partial charge in [0.05, 0.1) is 4.90 Å². The Morgan fingerprint density at radius 3 is 2.48 bits per heavy atom. The molecule has 2 N–H and O–H groups in total. The van der Waals surface area contributed by atoms with Gasteiger partial charge in [0.1, 0.15) is 5.82 Å². The van der Waals surface area contributed by atoms with Crippen LogP contribution in [0.25, 0.3) is 0 Å². The Balaban J connectivity index is 1.50. The molecule has 4 rings (SSSR count). The molecule has 3 aromatic rings. The zero-order valence-corrected chi connectivity index (χ0v) is 18.0. The second-order valence-electron chi connectivity index (χ2n) is 7.91. The third-order valence-corrected chi connectivity index (χ3v) is 6.97. The molecule has 0 radical (unpaired) electrons. The lowest BCUT2D eigenvalue weighted by Gasteiger charge is -2.13. The van der Waals surface area contributed by atoms with Gasteiger partial charge in [-0.25, -0.2) is 12.8 Å². The van der Waals surface area contributed by atoms with Crippen LogP contribution in [0.4, 0.5) is 15.8 Å². The van der Waals surface area contributed by atoms with E-state index >= 15 is 0 Å². The van der Waals surface area contributed by atoms with E-state index in [4.69, 9.17) is 0 Å². The van der Waals surface area contributed by atoms with Crippen molar-refractivity contribution in [3.8, 4) is 0 Å². The highest BCUT2D eigenvalue weighted by Crippen LogP contribution is 2.48. The second-order valence-corrected chi connectivity index (χ2v) is 9.57. The Morgan fingerprint density at radius 2 is 1.74 bits per heavy atom. The van der Waals surface area contributed by atoms with Crippen molar-refractivity contribution in [3.63, 3.8) is 0 Å². The molecular weight excluding hydrogens is 415 g/mol. The highest BCUT2D eigenvalue weighted by Gasteiger charge is 2.45. The van der Waals surface area contributed by atoms with Crippen molar-refractivity contribution in [3.05, 3.63) is 89.2 Å². The first kappa shape index (κ1) is 21.1. The number of rotatable bonds is 6. The van der Waals surface area contributed by atoms with Crippen LogP contribution in [0.1, 0.15) is 29.0 Å². The monoisotopic (exact) mass is 438 g/mol. The summed E-state index contributed by atoms with van der Waals surface area (Å²) in [5.74, 6) is -1.04. The number of hydrogen-bond donors (Lipinski definition) is 2. The van der Waals surface area contributed by atoms with Gasteiger partial charge >= 0.3 is 0 Å². The molecule has 31 heavy (non-hydrogen) atoms. The number of aryl methyl sites for hydroxylation is 2. The van der Waals surface area contributed by atoms with Crippen LogP contribution in [-0.4, -0.2) is 14.3 Å². The molecule has 0 heterocycles. The third-order valence-electron chi connectivity index (χ3n) is 5.45. The Kier molecular flexibility index (Phi) is 5.54. The first-order chi connectivity index (χ1) is 14.7. The van der Waals surface area contributed by atoms with Gasteiger partial charge in [0.2, 0.25) is 5.91 Å². The summed E-state index contributed by atoms with van der Waals surface area (Å²) >= 11 is 0. The number of sulfonamides is 1. The molecular formula is C24H23FN2O3S. The van der Waals surface area contributed by atoms with Gasteiger partial charge in [-0.15, -0.1) is 0 Å². The maximum atomic E-state index is 14.0. The quantitative estimate of drug-likeness (QED) is 0.570. The molecule has 0 spiro atoms. The second kappa shape index (κ2) is 8.15. The summed E-state index contributed by atoms with van der Waals surface area (Å²) < 4.78 is 42.4. The highest BCUT2D eigenvalue weighted by atomic mass is 32.2. The first-order valence-electron chi connectivity index (χ1n) is 10.00. The minimum absolute atomic E-state index is 0.0910. The summed E-state index contributed by atoms with van der Waals surface area (Å²) in [4.78, 5) is 12.7. The summed E-state index contributed by atoms with van der Waals surface area (Å²) in [6.07, 6.45) is 0.568. The molecule has 0 saturated heterocycles. The van der Waals surface area contributed by atoms with Crippen molar-refractivity contribution < 1.29 is 17.6 Å². The van der Waals surface area contributed by atoms with Crippen LogP contribution < -0.4 is 10.0 Å². The standard InChI is InChI=1S/C24H23FN2O3S/c1-15-6-5-7-18(12-15)27-31(29,30)23-13-17(11-10-16(23)2)26-24(28)21-14-20(21)19-8-3-4-9-22(19)25/h3-13,20-21,27H,14H2,1-2H3,(H,26,28). The molecule has 2 atom stereocenters. The molecule has 2 unspecified atom stereocenters. The number of hydrogen-bond acceptors (Lipinski definition) is 3. The normalized spacial score (nSPS) is 17.8. The molecule has 0 bridgehead atoms. The molecule has 1 fully saturated rings. The van der Waals surface area contributed by atoms with E-state index in [9.17, 15) is 17.6 Å². The molecule has 1 aliphatic carbocycles. The van der Waals surface area contributed by atoms with Crippen LogP contribution in [-0.2, 0) is 14.8 Å². The van der Waals surface area contributed by atoms with Crippen molar-refractivity contribution in [1.29, 1.82) is 0 Å². The minimum Gasteiger partial charge on any atom is -0.326 e. The fourth-order valence-electron chi connectivity index (χ4n) is 3.73. The molecule has 0 aromatic heterocycles. The highest BCUT2D eigenvalue weighted by molar-refractivity contribution is 7.92. The summed E-state index contributed by atoms with van der Waals surface area (Å²) in [5, 5.41) is 2.78. The Labute approximate surface area is 181 Å². The molecule has 7 heteroatoms. The Bertz CT molecular complexity index is 1260. The number of amides is 1. The summed E-state index contributed by atoms with van der Waals surface area (Å²) in [6, 6.07) is 18.3. The molecule has 5 nitrogen and oxygen atoms in total. The van der Waals surface area contributed by atoms with Crippen LogP contribution in [0.3, 0.4) is 0 Å². The molecule has 1 amide bonds. The lowest BCUT2D eigenvalue weighted by atomic mass is 10.1. The van der Waals surface area contributed by atoms with Gasteiger partial charge in [0.25, 0.3) is 10.0 Å². The van der Waals surface area contributed by atoms with E-state index in [1.807, 2.05) is 13.0 Å². The molecule has 0 aliphatic heterocycles. The SMILES string of the molecule is Cc1cccc(NS(=O)(=O)c2cc(NC(=O)C3CC3c3ccccc3F)ccc2C)c1. The number of nitrogens with one attached hydrogen (secondary N) is 2. The van der Waals surface area contributed by atoms with Crippen LogP contribution >= 0.6 is 0 Å². The molecule has 3 aromatic carbocycles. The van der Waals surface area contributed by atoms with Crippen molar-refractivity contribution in [2.24, 2.45) is 5.92 Å². The van der Waals surface area contributed by atoms with Gasteiger partial charge in [-0.1, -0.05) is 36.4 Å². The summed E-state index contributed by atoms with van der Waals surface area (Å²) in [6.45, 7) is 3.58. The maximum absolute atomic E-state index is 14.0. The van der Waals surface area contributed by atoms with E-state index in [-0.39, 0.29) is 28.5 Å². The smallest absolute Gasteiger partial charge is 0.262 e. The Morgan fingerprint density at radius 1 is 0.968 bits per heavy atom. The van der Waals surface area contributed by atoms with Gasteiger partial charge in [-0.05, 0) is 73.2 Å². The van der Waals surface area contributed by atoms with Crippen LogP contribution in [0.15, 0.2) is 71.6 Å². The van der Waals surface area contributed by atoms with Crippen molar-refractivity contribution >= 4 is 27.3 Å². The predicted octanol–water partition coefficient (Wildman–Crippen LogP) is 4.99. The zero-order valence-electron chi connectivity index (χ0n) is 17.2. The van der Waals surface area contributed by atoms with Gasteiger partial charge in [0.15, 0.2) is 0 Å². The lowest BCUT2D eigenvalue weighted by molar-refractivity contribution is -0.117. The molecule has 1 saturated carbocycles. The number of carbonyl (C=O) groups is 1. The average Bonchev–Trinajstić information content (AvgIpc) is 3.50. The van der Waals surface area contributed by atoms with Crippen molar-refractivity contribution in [2.45, 2.75) is 31.1 Å². The van der Waals surface area contributed by atoms with Gasteiger partial charge in [-0.3, -0.25) is 9.52 Å². The lowest BCUT2D eigenvalue weighted by Crippen LogP contribution is -2.17. The van der Waals surface area contributed by atoms with E-state index in [1.54, 1.807) is 55.5 Å². The summed E-state index contributed by atoms with van der Waals surface area (Å²) in [5.41, 5.74) is 2.90. The van der Waals surface area contributed by atoms with Gasteiger partial charge in [0, 0.05) is 17.3 Å². The summed E-state index contributed by atoms with van der Waals surface area (Å²) in [7, 11) is -3.83. The first-order valence-corrected chi connectivity index (χ1v) is 11.5. The Hall–Kier alpha value is -3.19. The van der Waals surface area contributed by atoms with Crippen LogP contribution in [0.5, 0.6) is 0 Å². The van der Waals surface area contributed by atoms with E-state index in [0.29, 0.717) is 28.9 Å².